The van der Waals surface area contributed by atoms with Crippen LogP contribution in [0.5, 0.6) is 5.75 Å². The summed E-state index contributed by atoms with van der Waals surface area (Å²) >= 11 is 0. The fourth-order valence-electron chi connectivity index (χ4n) is 4.27. The molecule has 4 heteroatoms. The average Bonchev–Trinajstić information content (AvgIpc) is 2.78. The molecule has 1 heterocycles. The Morgan fingerprint density at radius 3 is 2.53 bits per heavy atom. The quantitative estimate of drug-likeness (QED) is 0.399. The highest BCUT2D eigenvalue weighted by Gasteiger charge is 2.23. The Balaban J connectivity index is 1.39. The van der Waals surface area contributed by atoms with Gasteiger partial charge in [-0.25, -0.2) is 4.39 Å². The molecule has 160 valence electrons. The predicted octanol–water partition coefficient (Wildman–Crippen LogP) is 6.96. The van der Waals surface area contributed by atoms with Crippen LogP contribution in [-0.2, 0) is 6.42 Å². The fourth-order valence-corrected chi connectivity index (χ4v) is 4.27. The van der Waals surface area contributed by atoms with Crippen molar-refractivity contribution in [2.45, 2.75) is 77.0 Å². The summed E-state index contributed by atoms with van der Waals surface area (Å²) in [6, 6.07) is 10.8. The molecule has 0 radical (unpaired) electrons. The van der Waals surface area contributed by atoms with E-state index in [2.05, 4.69) is 25.3 Å². The van der Waals surface area contributed by atoms with Gasteiger partial charge in [-0.1, -0.05) is 38.7 Å². The van der Waals surface area contributed by atoms with Crippen LogP contribution >= 0.6 is 0 Å². The van der Waals surface area contributed by atoms with Crippen molar-refractivity contribution in [3.8, 4) is 11.8 Å². The standard InChI is InChI=1S/C26H33FN2O/c1-2-3-4-5-6-7-20-10-15-26(29-18-20)22-11-8-21(9-12-22)19-30-24-14-13-23(17-28)25(27)16-24/h10,13-16,18,21-22H,2-9,11-12,19H2,1H3. The van der Waals surface area contributed by atoms with Gasteiger partial charge in [0.2, 0.25) is 0 Å². The Morgan fingerprint density at radius 1 is 1.07 bits per heavy atom. The van der Waals surface area contributed by atoms with Gasteiger partial charge < -0.3 is 4.74 Å². The SMILES string of the molecule is CCCCCCCc1ccc(C2CCC(COc3ccc(C#N)c(F)c3)CC2)nc1. The molecular formula is C26H33FN2O. The van der Waals surface area contributed by atoms with Crippen molar-refractivity contribution in [3.05, 3.63) is 59.2 Å². The van der Waals surface area contributed by atoms with Crippen LogP contribution in [0.15, 0.2) is 36.5 Å². The molecule has 0 saturated heterocycles. The predicted molar refractivity (Wildman–Crippen MR) is 118 cm³/mol. The normalized spacial score (nSPS) is 18.7. The molecule has 0 amide bonds. The number of ether oxygens (including phenoxy) is 1. The summed E-state index contributed by atoms with van der Waals surface area (Å²) in [6.45, 7) is 2.85. The van der Waals surface area contributed by atoms with Crippen LogP contribution in [-0.4, -0.2) is 11.6 Å². The second kappa shape index (κ2) is 11.7. The van der Waals surface area contributed by atoms with Crippen molar-refractivity contribution in [2.75, 3.05) is 6.61 Å². The van der Waals surface area contributed by atoms with Gasteiger partial charge in [0.1, 0.15) is 17.6 Å². The van der Waals surface area contributed by atoms with E-state index in [1.165, 1.54) is 55.5 Å². The molecular weight excluding hydrogens is 375 g/mol. The number of halogens is 1. The van der Waals surface area contributed by atoms with Crippen LogP contribution in [0.1, 0.15) is 87.4 Å². The smallest absolute Gasteiger partial charge is 0.144 e. The summed E-state index contributed by atoms with van der Waals surface area (Å²) in [5, 5.41) is 8.81. The van der Waals surface area contributed by atoms with Crippen LogP contribution in [0.2, 0.25) is 0 Å². The minimum atomic E-state index is -0.519. The highest BCUT2D eigenvalue weighted by Crippen LogP contribution is 2.35. The lowest BCUT2D eigenvalue weighted by atomic mass is 9.80. The lowest BCUT2D eigenvalue weighted by molar-refractivity contribution is 0.198. The molecule has 0 bridgehead atoms. The van der Waals surface area contributed by atoms with Gasteiger partial charge in [0, 0.05) is 23.9 Å². The van der Waals surface area contributed by atoms with Gasteiger partial charge in [0.15, 0.2) is 0 Å². The minimum absolute atomic E-state index is 0.0536. The number of pyridine rings is 1. The highest BCUT2D eigenvalue weighted by molar-refractivity contribution is 5.36. The Kier molecular flexibility index (Phi) is 8.68. The van der Waals surface area contributed by atoms with Crippen molar-refractivity contribution >= 4 is 0 Å². The van der Waals surface area contributed by atoms with Crippen LogP contribution in [0.25, 0.3) is 0 Å². The molecule has 1 aliphatic rings. The average molecular weight is 409 g/mol. The summed E-state index contributed by atoms with van der Waals surface area (Å²) in [5.74, 6) is 1.00. The molecule has 0 aliphatic heterocycles. The number of aromatic nitrogens is 1. The van der Waals surface area contributed by atoms with Gasteiger partial charge in [0.05, 0.1) is 12.2 Å². The van der Waals surface area contributed by atoms with E-state index in [-0.39, 0.29) is 5.56 Å². The van der Waals surface area contributed by atoms with Gasteiger partial charge >= 0.3 is 0 Å². The van der Waals surface area contributed by atoms with Gasteiger partial charge in [-0.15, -0.1) is 0 Å². The maximum Gasteiger partial charge on any atom is 0.144 e. The van der Waals surface area contributed by atoms with Gasteiger partial charge in [-0.05, 0) is 68.2 Å². The number of hydrogen-bond acceptors (Lipinski definition) is 3. The summed E-state index contributed by atoms with van der Waals surface area (Å²) in [6.07, 6.45) is 14.2. The monoisotopic (exact) mass is 408 g/mol. The first kappa shape index (κ1) is 22.3. The molecule has 0 unspecified atom stereocenters. The maximum atomic E-state index is 13.7. The lowest BCUT2D eigenvalue weighted by Gasteiger charge is -2.28. The molecule has 1 fully saturated rings. The molecule has 0 atom stereocenters. The van der Waals surface area contributed by atoms with Gasteiger partial charge in [0.25, 0.3) is 0 Å². The fraction of sp³-hybridized carbons (Fsp3) is 0.538. The summed E-state index contributed by atoms with van der Waals surface area (Å²) in [4.78, 5) is 4.76. The molecule has 0 N–H and O–H groups in total. The topological polar surface area (TPSA) is 45.9 Å². The number of aryl methyl sites for hydroxylation is 1. The molecule has 30 heavy (non-hydrogen) atoms. The van der Waals surface area contributed by atoms with Crippen molar-refractivity contribution in [1.82, 2.24) is 4.98 Å². The van der Waals surface area contributed by atoms with Crippen LogP contribution in [0.3, 0.4) is 0 Å². The first-order valence-electron chi connectivity index (χ1n) is 11.5. The van der Waals surface area contributed by atoms with E-state index >= 15 is 0 Å². The molecule has 1 aliphatic carbocycles. The van der Waals surface area contributed by atoms with Crippen molar-refractivity contribution < 1.29 is 9.13 Å². The zero-order valence-corrected chi connectivity index (χ0v) is 18.1. The Labute approximate surface area is 180 Å². The largest absolute Gasteiger partial charge is 0.493 e. The first-order chi connectivity index (χ1) is 14.7. The maximum absolute atomic E-state index is 13.7. The second-order valence-electron chi connectivity index (χ2n) is 8.54. The third-order valence-corrected chi connectivity index (χ3v) is 6.23. The zero-order chi connectivity index (χ0) is 21.2. The summed E-state index contributed by atoms with van der Waals surface area (Å²) < 4.78 is 19.5. The second-order valence-corrected chi connectivity index (χ2v) is 8.54. The lowest BCUT2D eigenvalue weighted by Crippen LogP contribution is -2.19. The van der Waals surface area contributed by atoms with Gasteiger partial charge in [-0.2, -0.15) is 5.26 Å². The van der Waals surface area contributed by atoms with Crippen molar-refractivity contribution in [3.63, 3.8) is 0 Å². The van der Waals surface area contributed by atoms with E-state index < -0.39 is 5.82 Å². The molecule has 1 aromatic heterocycles. The molecule has 3 nitrogen and oxygen atoms in total. The first-order valence-corrected chi connectivity index (χ1v) is 11.5. The van der Waals surface area contributed by atoms with Crippen molar-refractivity contribution in [1.29, 1.82) is 5.26 Å². The minimum Gasteiger partial charge on any atom is -0.493 e. The number of benzene rings is 1. The number of hydrogen-bond donors (Lipinski definition) is 0. The molecule has 3 rings (SSSR count). The van der Waals surface area contributed by atoms with E-state index in [4.69, 9.17) is 15.0 Å². The third-order valence-electron chi connectivity index (χ3n) is 6.23. The number of nitrogens with zero attached hydrogens (tertiary/aromatic N) is 2. The molecule has 1 aromatic carbocycles. The van der Waals surface area contributed by atoms with E-state index in [1.54, 1.807) is 6.07 Å². The number of unbranched alkanes of at least 4 members (excludes halogenated alkanes) is 4. The van der Waals surface area contributed by atoms with E-state index in [0.717, 1.165) is 32.1 Å². The van der Waals surface area contributed by atoms with E-state index in [0.29, 0.717) is 24.2 Å². The number of rotatable bonds is 10. The van der Waals surface area contributed by atoms with Crippen molar-refractivity contribution in [2.24, 2.45) is 5.92 Å². The van der Waals surface area contributed by atoms with Crippen LogP contribution < -0.4 is 4.74 Å². The molecule has 1 saturated carbocycles. The van der Waals surface area contributed by atoms with E-state index in [9.17, 15) is 4.39 Å². The van der Waals surface area contributed by atoms with Crippen LogP contribution in [0.4, 0.5) is 4.39 Å². The summed E-state index contributed by atoms with van der Waals surface area (Å²) in [7, 11) is 0. The number of nitriles is 1. The Morgan fingerprint density at radius 2 is 1.87 bits per heavy atom. The summed E-state index contributed by atoms with van der Waals surface area (Å²) in [5.41, 5.74) is 2.63. The van der Waals surface area contributed by atoms with E-state index in [1.807, 2.05) is 6.07 Å². The highest BCUT2D eigenvalue weighted by atomic mass is 19.1. The molecule has 0 spiro atoms. The van der Waals surface area contributed by atoms with Gasteiger partial charge in [-0.3, -0.25) is 4.98 Å². The Bertz CT molecular complexity index is 820. The zero-order valence-electron chi connectivity index (χ0n) is 18.1. The third kappa shape index (κ3) is 6.55. The molecule has 2 aromatic rings. The van der Waals surface area contributed by atoms with Crippen LogP contribution in [0, 0.1) is 23.1 Å². The Hall–Kier alpha value is -2.41.